The first-order chi connectivity index (χ1) is 12.8. The molecule has 28 heavy (non-hydrogen) atoms. The second-order valence-corrected chi connectivity index (χ2v) is 8.39. The quantitative estimate of drug-likeness (QED) is 0.244. The summed E-state index contributed by atoms with van der Waals surface area (Å²) >= 11 is 3.31. The predicted molar refractivity (Wildman–Crippen MR) is 118 cm³/mol. The van der Waals surface area contributed by atoms with Gasteiger partial charge >= 0.3 is 29.6 Å². The van der Waals surface area contributed by atoms with Gasteiger partial charge < -0.3 is 10.6 Å². The van der Waals surface area contributed by atoms with Gasteiger partial charge in [-0.2, -0.15) is 8.42 Å². The number of nitrogen functional groups attached to an aromatic ring is 1. The number of halogens is 1. The Morgan fingerprint density at radius 2 is 1.96 bits per heavy atom. The molecule has 1 aromatic carbocycles. The third-order valence-electron chi connectivity index (χ3n) is 3.67. The van der Waals surface area contributed by atoms with Crippen LogP contribution in [0.25, 0.3) is 0 Å². The van der Waals surface area contributed by atoms with Crippen molar-refractivity contribution in [2.24, 2.45) is 10.2 Å². The summed E-state index contributed by atoms with van der Waals surface area (Å²) in [4.78, 5) is 6.15. The zero-order chi connectivity index (χ0) is 19.9. The number of nitrogens with zero attached hydrogens (tertiary/aromatic N) is 4. The van der Waals surface area contributed by atoms with Crippen molar-refractivity contribution in [1.29, 1.82) is 0 Å². The molecule has 0 unspecified atom stereocenters. The molecule has 0 amide bonds. The van der Waals surface area contributed by atoms with Crippen molar-refractivity contribution in [1.82, 2.24) is 4.98 Å². The van der Waals surface area contributed by atoms with E-state index in [-0.39, 0.29) is 35.3 Å². The van der Waals surface area contributed by atoms with Crippen molar-refractivity contribution in [3.63, 3.8) is 0 Å². The minimum atomic E-state index is -3.96. The van der Waals surface area contributed by atoms with E-state index in [1.54, 1.807) is 24.4 Å². The molecule has 1 aromatic heterocycles. The number of hydrogen-bond donors (Lipinski definition) is 2. The zero-order valence-corrected chi connectivity index (χ0v) is 17.3. The van der Waals surface area contributed by atoms with Gasteiger partial charge in [0.2, 0.25) is 0 Å². The van der Waals surface area contributed by atoms with E-state index in [1.165, 1.54) is 0 Å². The summed E-state index contributed by atoms with van der Waals surface area (Å²) in [6, 6.07) is 8.97. The van der Waals surface area contributed by atoms with Crippen LogP contribution in [0.3, 0.4) is 0 Å². The van der Waals surface area contributed by atoms with E-state index in [1.807, 2.05) is 24.0 Å². The van der Waals surface area contributed by atoms with Gasteiger partial charge in [-0.3, -0.25) is 4.55 Å². The van der Waals surface area contributed by atoms with Gasteiger partial charge in [-0.15, -0.1) is 10.2 Å². The molecule has 1 heterocycles. The Labute approximate surface area is 195 Å². The van der Waals surface area contributed by atoms with Crippen LogP contribution in [0.1, 0.15) is 19.8 Å². The van der Waals surface area contributed by atoms with Crippen molar-refractivity contribution < 1.29 is 13.0 Å². The minimum absolute atomic E-state index is 0. The van der Waals surface area contributed by atoms with E-state index in [9.17, 15) is 8.42 Å². The van der Waals surface area contributed by atoms with E-state index in [2.05, 4.69) is 31.1 Å². The van der Waals surface area contributed by atoms with E-state index >= 15 is 0 Å². The van der Waals surface area contributed by atoms with Crippen LogP contribution in [0.2, 0.25) is 0 Å². The Morgan fingerprint density at radius 1 is 1.21 bits per heavy atom. The van der Waals surface area contributed by atoms with Crippen LogP contribution < -0.4 is 10.6 Å². The SMILES string of the molecule is CCCN(CCCS(=O)(=O)O)c1ccc(N=Nc2ccc(Br)cn2)c(N)c1.[NaH]. The Hall–Kier alpha value is -1.04. The molecule has 0 atom stereocenters. The molecule has 0 saturated carbocycles. The molecule has 0 bridgehead atoms. The van der Waals surface area contributed by atoms with Gasteiger partial charge in [0.15, 0.2) is 5.82 Å². The van der Waals surface area contributed by atoms with Gasteiger partial charge in [0.05, 0.1) is 11.4 Å². The molecular weight excluding hydrogens is 457 g/mol. The number of aromatic nitrogens is 1. The van der Waals surface area contributed by atoms with Gasteiger partial charge in [-0.25, -0.2) is 4.98 Å². The number of hydrogen-bond acceptors (Lipinski definition) is 7. The topological polar surface area (TPSA) is 121 Å². The molecule has 0 saturated heterocycles. The fourth-order valence-electron chi connectivity index (χ4n) is 2.44. The number of anilines is 2. The maximum absolute atomic E-state index is 10.9. The molecule has 148 valence electrons. The summed E-state index contributed by atoms with van der Waals surface area (Å²) in [7, 11) is -3.96. The number of rotatable bonds is 9. The third kappa shape index (κ3) is 8.54. The number of nitrogens with two attached hydrogens (primary N) is 1. The van der Waals surface area contributed by atoms with Crippen LogP contribution in [0.4, 0.5) is 22.9 Å². The monoisotopic (exact) mass is 479 g/mol. The number of pyridine rings is 1. The molecule has 0 aliphatic carbocycles. The van der Waals surface area contributed by atoms with Crippen LogP contribution >= 0.6 is 15.9 Å². The second kappa shape index (κ2) is 11.8. The normalized spacial score (nSPS) is 11.4. The van der Waals surface area contributed by atoms with Crippen molar-refractivity contribution >= 4 is 78.5 Å². The fourth-order valence-corrected chi connectivity index (χ4v) is 3.17. The molecule has 3 N–H and O–H groups in total. The second-order valence-electron chi connectivity index (χ2n) is 5.90. The molecule has 8 nitrogen and oxygen atoms in total. The Bertz CT molecular complexity index is 894. The maximum atomic E-state index is 10.9. The van der Waals surface area contributed by atoms with Gasteiger partial charge in [-0.1, -0.05) is 6.92 Å². The first kappa shape index (κ1) is 25.0. The number of benzene rings is 1. The average molecular weight is 480 g/mol. The van der Waals surface area contributed by atoms with Crippen LogP contribution in [0.15, 0.2) is 51.2 Å². The van der Waals surface area contributed by atoms with Crippen LogP contribution in [-0.2, 0) is 10.1 Å². The Balaban J connectivity index is 0.00000392. The van der Waals surface area contributed by atoms with Crippen LogP contribution in [-0.4, -0.2) is 66.4 Å². The van der Waals surface area contributed by atoms with Gasteiger partial charge in [-0.05, 0) is 59.1 Å². The van der Waals surface area contributed by atoms with Crippen LogP contribution in [0, 0.1) is 0 Å². The first-order valence-electron chi connectivity index (χ1n) is 8.41. The van der Waals surface area contributed by atoms with Gasteiger partial charge in [0.25, 0.3) is 10.1 Å². The Morgan fingerprint density at radius 3 is 2.54 bits per heavy atom. The fraction of sp³-hybridized carbons (Fsp3) is 0.353. The molecule has 11 heteroatoms. The van der Waals surface area contributed by atoms with E-state index in [0.29, 0.717) is 30.2 Å². The first-order valence-corrected chi connectivity index (χ1v) is 10.8. The summed E-state index contributed by atoms with van der Waals surface area (Å²) < 4.78 is 31.5. The summed E-state index contributed by atoms with van der Waals surface area (Å²) in [5.74, 6) is 0.203. The molecule has 2 rings (SSSR count). The number of azo groups is 1. The van der Waals surface area contributed by atoms with E-state index < -0.39 is 10.1 Å². The van der Waals surface area contributed by atoms with Crippen molar-refractivity contribution in [2.75, 3.05) is 29.5 Å². The summed E-state index contributed by atoms with van der Waals surface area (Å²) in [5, 5.41) is 8.21. The molecule has 0 radical (unpaired) electrons. The van der Waals surface area contributed by atoms with Crippen molar-refractivity contribution in [3.8, 4) is 0 Å². The molecule has 2 aromatic rings. The molecule has 0 spiro atoms. The third-order valence-corrected chi connectivity index (χ3v) is 4.95. The summed E-state index contributed by atoms with van der Waals surface area (Å²) in [6.45, 7) is 3.28. The van der Waals surface area contributed by atoms with Crippen molar-refractivity contribution in [3.05, 3.63) is 41.0 Å². The predicted octanol–water partition coefficient (Wildman–Crippen LogP) is 3.69. The molecule has 0 aliphatic heterocycles. The molecule has 0 aliphatic rings. The average Bonchev–Trinajstić information content (AvgIpc) is 2.60. The van der Waals surface area contributed by atoms with E-state index in [0.717, 1.165) is 23.1 Å². The van der Waals surface area contributed by atoms with Crippen molar-refractivity contribution in [2.45, 2.75) is 19.8 Å². The summed E-state index contributed by atoms with van der Waals surface area (Å²) in [5.41, 5.74) is 7.95. The Kier molecular flexibility index (Phi) is 10.6. The van der Waals surface area contributed by atoms with E-state index in [4.69, 9.17) is 10.3 Å². The summed E-state index contributed by atoms with van der Waals surface area (Å²) in [6.07, 6.45) is 2.86. The zero-order valence-electron chi connectivity index (χ0n) is 14.9. The molecular formula is C17H23BrN5NaO3S. The van der Waals surface area contributed by atoms with Crippen LogP contribution in [0.5, 0.6) is 0 Å². The molecule has 0 fully saturated rings. The standard InChI is InChI=1S/C17H22BrN5O3S.Na.H/c1-2-8-23(9-3-10-27(24,25)26)14-5-6-16(15(19)11-14)21-22-17-7-4-13(18)12-20-17;;/h4-7,11-12H,2-3,8-10,19H2,1H3,(H,24,25,26);;. The van der Waals surface area contributed by atoms with Gasteiger partial charge in [0, 0.05) is 29.4 Å². The van der Waals surface area contributed by atoms with Gasteiger partial charge in [0.1, 0.15) is 5.69 Å².